The fourth-order valence-electron chi connectivity index (χ4n) is 2.95. The normalized spacial score (nSPS) is 16.5. The van der Waals surface area contributed by atoms with Gasteiger partial charge >= 0.3 is 5.97 Å². The first-order valence-corrected chi connectivity index (χ1v) is 10.1. The lowest BCUT2D eigenvalue weighted by Crippen LogP contribution is -2.41. The summed E-state index contributed by atoms with van der Waals surface area (Å²) in [5.74, 6) is -2.76. The molecule has 1 N–H and O–H groups in total. The van der Waals surface area contributed by atoms with Gasteiger partial charge in [0.05, 0.1) is 38.5 Å². The maximum absolute atomic E-state index is 14.0. The molecule has 0 spiro atoms. The molecule has 1 atom stereocenters. The van der Waals surface area contributed by atoms with Crippen LogP contribution >= 0.6 is 34.7 Å². The molecule has 1 unspecified atom stereocenters. The average Bonchev–Trinajstić information content (AvgIpc) is 3.07. The summed E-state index contributed by atoms with van der Waals surface area (Å²) in [4.78, 5) is 30.2. The summed E-state index contributed by atoms with van der Waals surface area (Å²) < 4.78 is 28.0. The summed E-state index contributed by atoms with van der Waals surface area (Å²) in [5, 5.41) is 9.00. The van der Waals surface area contributed by atoms with Gasteiger partial charge in [0.1, 0.15) is 16.3 Å². The van der Waals surface area contributed by atoms with Gasteiger partial charge in [-0.05, 0) is 24.3 Å². The van der Waals surface area contributed by atoms with E-state index in [1.165, 1.54) is 4.90 Å². The Bertz CT molecular complexity index is 1080. The topological polar surface area (TPSA) is 70.5 Å². The molecule has 0 saturated heterocycles. The van der Waals surface area contributed by atoms with Gasteiger partial charge in [-0.15, -0.1) is 23.1 Å². The first-order valence-electron chi connectivity index (χ1n) is 8.07. The van der Waals surface area contributed by atoms with Gasteiger partial charge in [-0.2, -0.15) is 0 Å². The highest BCUT2D eigenvalue weighted by atomic mass is 35.5. The third kappa shape index (κ3) is 3.34. The number of hydrogen-bond donors (Lipinski definition) is 1. The zero-order chi connectivity index (χ0) is 20.0. The van der Waals surface area contributed by atoms with Crippen molar-refractivity contribution in [2.45, 2.75) is 23.1 Å². The first kappa shape index (κ1) is 19.1. The Balaban J connectivity index is 1.76. The summed E-state index contributed by atoms with van der Waals surface area (Å²) in [6.45, 7) is -0.0406. The Morgan fingerprint density at radius 3 is 2.71 bits per heavy atom. The molecule has 2 aromatic carbocycles. The second kappa shape index (κ2) is 7.31. The lowest BCUT2D eigenvalue weighted by molar-refractivity contribution is -0.138. The number of thiazole rings is 1. The van der Waals surface area contributed by atoms with E-state index in [2.05, 4.69) is 4.98 Å². The number of carboxylic acids is 1. The van der Waals surface area contributed by atoms with Crippen molar-refractivity contribution < 1.29 is 23.5 Å². The van der Waals surface area contributed by atoms with E-state index in [0.29, 0.717) is 20.6 Å². The number of halogens is 3. The number of aliphatic carboxylic acids is 1. The van der Waals surface area contributed by atoms with Crippen LogP contribution < -0.4 is 4.90 Å². The number of nitrogens with zero attached hydrogens (tertiary/aromatic N) is 2. The van der Waals surface area contributed by atoms with E-state index in [4.69, 9.17) is 16.7 Å². The molecule has 1 aromatic heterocycles. The number of rotatable bonds is 4. The van der Waals surface area contributed by atoms with Gasteiger partial charge in [-0.1, -0.05) is 17.7 Å². The average molecular weight is 441 g/mol. The second-order valence-corrected chi connectivity index (χ2v) is 8.74. The maximum Gasteiger partial charge on any atom is 0.305 e. The van der Waals surface area contributed by atoms with Crippen molar-refractivity contribution >= 4 is 62.5 Å². The lowest BCUT2D eigenvalue weighted by atomic mass is 10.2. The van der Waals surface area contributed by atoms with E-state index in [1.807, 2.05) is 0 Å². The number of aromatic nitrogens is 1. The highest BCUT2D eigenvalue weighted by Gasteiger charge is 2.36. The van der Waals surface area contributed by atoms with E-state index in [1.54, 1.807) is 18.2 Å². The molecule has 0 fully saturated rings. The molecule has 0 aliphatic carbocycles. The smallest absolute Gasteiger partial charge is 0.305 e. The monoisotopic (exact) mass is 440 g/mol. The molecule has 1 aliphatic rings. The van der Waals surface area contributed by atoms with Crippen LogP contribution in [0.1, 0.15) is 11.4 Å². The molecular formula is C18H11ClF2N2O3S2. The number of carbonyl (C=O) groups is 2. The van der Waals surface area contributed by atoms with E-state index < -0.39 is 28.8 Å². The molecule has 28 heavy (non-hydrogen) atoms. The molecule has 1 amide bonds. The van der Waals surface area contributed by atoms with Crippen LogP contribution in [0.25, 0.3) is 10.2 Å². The van der Waals surface area contributed by atoms with Crippen LogP contribution in [0.3, 0.4) is 0 Å². The Morgan fingerprint density at radius 1 is 1.25 bits per heavy atom. The van der Waals surface area contributed by atoms with Crippen molar-refractivity contribution in [3.05, 3.63) is 52.0 Å². The van der Waals surface area contributed by atoms with Gasteiger partial charge in [0.2, 0.25) is 5.91 Å². The second-order valence-electron chi connectivity index (χ2n) is 6.03. The zero-order valence-corrected chi connectivity index (χ0v) is 16.4. The van der Waals surface area contributed by atoms with E-state index in [9.17, 15) is 18.4 Å². The minimum atomic E-state index is -1.11. The summed E-state index contributed by atoms with van der Waals surface area (Å²) >= 11 is 8.30. The number of hydrogen-bond acceptors (Lipinski definition) is 5. The van der Waals surface area contributed by atoms with Crippen molar-refractivity contribution in [2.75, 3.05) is 4.90 Å². The third-order valence-electron chi connectivity index (χ3n) is 4.18. The number of fused-ring (bicyclic) bond motifs is 2. The van der Waals surface area contributed by atoms with Crippen molar-refractivity contribution in [3.8, 4) is 0 Å². The fourth-order valence-corrected chi connectivity index (χ4v) is 5.45. The minimum Gasteiger partial charge on any atom is -0.481 e. The summed E-state index contributed by atoms with van der Waals surface area (Å²) in [6, 6.07) is 7.05. The van der Waals surface area contributed by atoms with Gasteiger partial charge in [0.25, 0.3) is 0 Å². The van der Waals surface area contributed by atoms with Crippen LogP contribution in [0.4, 0.5) is 14.5 Å². The third-order valence-corrected chi connectivity index (χ3v) is 6.98. The van der Waals surface area contributed by atoms with Gasteiger partial charge < -0.3 is 10.0 Å². The molecule has 4 rings (SSSR count). The molecule has 144 valence electrons. The van der Waals surface area contributed by atoms with E-state index >= 15 is 0 Å². The molecule has 3 aromatic rings. The number of thioether (sulfide) groups is 1. The van der Waals surface area contributed by atoms with Crippen molar-refractivity contribution in [1.82, 2.24) is 4.98 Å². The van der Waals surface area contributed by atoms with Crippen LogP contribution in [-0.2, 0) is 16.1 Å². The predicted molar refractivity (Wildman–Crippen MR) is 104 cm³/mol. The molecule has 2 heterocycles. The van der Waals surface area contributed by atoms with Crippen LogP contribution in [0, 0.1) is 11.6 Å². The zero-order valence-electron chi connectivity index (χ0n) is 14.0. The molecule has 0 saturated carbocycles. The molecule has 1 aliphatic heterocycles. The van der Waals surface area contributed by atoms with Crippen molar-refractivity contribution in [2.24, 2.45) is 0 Å². The van der Waals surface area contributed by atoms with Gasteiger partial charge in [-0.3, -0.25) is 9.59 Å². The summed E-state index contributed by atoms with van der Waals surface area (Å²) in [5.41, 5.74) is 0.427. The summed E-state index contributed by atoms with van der Waals surface area (Å²) in [7, 11) is 0. The maximum atomic E-state index is 14.0. The highest BCUT2D eigenvalue weighted by Crippen LogP contribution is 2.45. The highest BCUT2D eigenvalue weighted by molar-refractivity contribution is 8.01. The van der Waals surface area contributed by atoms with Crippen LogP contribution in [0.5, 0.6) is 0 Å². The van der Waals surface area contributed by atoms with E-state index in [0.717, 1.165) is 35.2 Å². The SMILES string of the molecule is O=C(O)CC1Sc2c(Cl)cccc2N(Cc2nc3c(F)ccc(F)c3s2)C1=O. The molecule has 5 nitrogen and oxygen atoms in total. The number of anilines is 1. The molecule has 10 heteroatoms. The van der Waals surface area contributed by atoms with Crippen molar-refractivity contribution in [1.29, 1.82) is 0 Å². The number of carboxylic acid groups (broad SMARTS) is 1. The molecular weight excluding hydrogens is 430 g/mol. The Labute approximate surface area is 170 Å². The van der Waals surface area contributed by atoms with Crippen molar-refractivity contribution in [3.63, 3.8) is 0 Å². The van der Waals surface area contributed by atoms with Gasteiger partial charge in [-0.25, -0.2) is 13.8 Å². The first-order chi connectivity index (χ1) is 13.3. The van der Waals surface area contributed by atoms with Gasteiger partial charge in [0, 0.05) is 0 Å². The molecule has 0 radical (unpaired) electrons. The minimum absolute atomic E-state index is 0.0406. The standard InChI is InChI=1S/C18H11ClF2N2O3S2/c19-8-2-1-3-11-16(8)27-12(6-14(24)25)18(26)23(11)7-13-22-15-9(20)4-5-10(21)17(15)28-13/h1-5,12H,6-7H2,(H,24,25). The Hall–Kier alpha value is -2.23. The van der Waals surface area contributed by atoms with Gasteiger partial charge in [0.15, 0.2) is 5.82 Å². The van der Waals surface area contributed by atoms with Crippen LogP contribution in [0.2, 0.25) is 5.02 Å². The summed E-state index contributed by atoms with van der Waals surface area (Å²) in [6.07, 6.45) is -0.367. The predicted octanol–water partition coefficient (Wildman–Crippen LogP) is 4.71. The number of amides is 1. The fraction of sp³-hybridized carbons (Fsp3) is 0.167. The molecule has 0 bridgehead atoms. The lowest BCUT2D eigenvalue weighted by Gasteiger charge is -2.33. The Morgan fingerprint density at radius 2 is 2.00 bits per heavy atom. The quantitative estimate of drug-likeness (QED) is 0.636. The number of carbonyl (C=O) groups excluding carboxylic acids is 1. The number of benzene rings is 2. The van der Waals surface area contributed by atoms with Crippen LogP contribution in [0.15, 0.2) is 35.2 Å². The largest absolute Gasteiger partial charge is 0.481 e. The Kier molecular flexibility index (Phi) is 4.98. The van der Waals surface area contributed by atoms with Crippen LogP contribution in [-0.4, -0.2) is 27.2 Å². The van der Waals surface area contributed by atoms with E-state index in [-0.39, 0.29) is 23.2 Å².